The molecule has 0 spiro atoms. The quantitative estimate of drug-likeness (QED) is 0.578. The molecule has 5 heteroatoms. The van der Waals surface area contributed by atoms with Crippen molar-refractivity contribution in [2.45, 2.75) is 6.92 Å². The van der Waals surface area contributed by atoms with Crippen LogP contribution >= 0.6 is 0 Å². The van der Waals surface area contributed by atoms with Gasteiger partial charge < -0.3 is 9.63 Å². The molecular formula is C5H5NO4. The van der Waals surface area contributed by atoms with Crippen LogP contribution in [-0.4, -0.2) is 16.2 Å². The molecular weight excluding hydrogens is 138 g/mol. The summed E-state index contributed by atoms with van der Waals surface area (Å²) in [6, 6.07) is 0. The zero-order valence-electron chi connectivity index (χ0n) is 5.17. The number of aromatic nitrogens is 1. The van der Waals surface area contributed by atoms with E-state index in [0.717, 1.165) is 0 Å². The highest BCUT2D eigenvalue weighted by atomic mass is 16.5. The molecule has 0 saturated heterocycles. The van der Waals surface area contributed by atoms with E-state index in [1.807, 2.05) is 0 Å². The van der Waals surface area contributed by atoms with Crippen molar-refractivity contribution in [1.82, 2.24) is 5.16 Å². The van der Waals surface area contributed by atoms with Crippen molar-refractivity contribution in [1.29, 1.82) is 0 Å². The molecule has 1 heterocycles. The van der Waals surface area contributed by atoms with Crippen molar-refractivity contribution in [2.75, 3.05) is 0 Å². The smallest absolute Gasteiger partial charge is 0.372 e. The molecule has 0 amide bonds. The number of carboxylic acid groups (broad SMARTS) is 1. The second-order valence-electron chi connectivity index (χ2n) is 1.80. The van der Waals surface area contributed by atoms with Crippen LogP contribution in [0.5, 0.6) is 0 Å². The van der Waals surface area contributed by atoms with E-state index in [0.29, 0.717) is 0 Å². The third-order valence-electron chi connectivity index (χ3n) is 1.09. The number of carboxylic acids is 1. The SMILES string of the molecule is Cc1[nH]oc(=O)c1C(=O)O. The van der Waals surface area contributed by atoms with Gasteiger partial charge in [-0.1, -0.05) is 0 Å². The first kappa shape index (κ1) is 6.60. The first-order chi connectivity index (χ1) is 4.63. The van der Waals surface area contributed by atoms with Crippen LogP contribution in [-0.2, 0) is 0 Å². The summed E-state index contributed by atoms with van der Waals surface area (Å²) >= 11 is 0. The summed E-state index contributed by atoms with van der Waals surface area (Å²) in [4.78, 5) is 20.7. The summed E-state index contributed by atoms with van der Waals surface area (Å²) in [5.74, 6) is -1.27. The van der Waals surface area contributed by atoms with Gasteiger partial charge in [-0.15, -0.1) is 0 Å². The van der Waals surface area contributed by atoms with Gasteiger partial charge >= 0.3 is 11.6 Å². The Bertz CT molecular complexity index is 308. The highest BCUT2D eigenvalue weighted by Crippen LogP contribution is 1.96. The normalized spacial score (nSPS) is 9.70. The van der Waals surface area contributed by atoms with Gasteiger partial charge in [0.2, 0.25) is 0 Å². The van der Waals surface area contributed by atoms with Crippen LogP contribution in [0.2, 0.25) is 0 Å². The largest absolute Gasteiger partial charge is 0.477 e. The van der Waals surface area contributed by atoms with Gasteiger partial charge in [-0.25, -0.2) is 14.7 Å². The molecule has 0 fully saturated rings. The van der Waals surface area contributed by atoms with Crippen molar-refractivity contribution in [3.8, 4) is 0 Å². The Kier molecular flexibility index (Phi) is 1.33. The van der Waals surface area contributed by atoms with E-state index in [4.69, 9.17) is 5.11 Å². The topological polar surface area (TPSA) is 83.3 Å². The molecule has 0 aliphatic rings. The zero-order chi connectivity index (χ0) is 7.72. The fourth-order valence-electron chi connectivity index (χ4n) is 0.626. The van der Waals surface area contributed by atoms with Crippen molar-refractivity contribution < 1.29 is 14.4 Å². The standard InChI is InChI=1S/C5H5NO4/c1-2-3(4(7)8)5(9)10-6-2/h6H,1H3,(H,7,8). The van der Waals surface area contributed by atoms with Crippen molar-refractivity contribution in [2.24, 2.45) is 0 Å². The van der Waals surface area contributed by atoms with E-state index in [1.54, 1.807) is 0 Å². The second-order valence-corrected chi connectivity index (χ2v) is 1.80. The average Bonchev–Trinajstić information content (AvgIpc) is 2.11. The van der Waals surface area contributed by atoms with Crippen molar-refractivity contribution in [3.63, 3.8) is 0 Å². The number of aromatic amines is 1. The third-order valence-corrected chi connectivity index (χ3v) is 1.09. The fraction of sp³-hybridized carbons (Fsp3) is 0.200. The molecule has 1 aromatic heterocycles. The molecule has 0 aromatic carbocycles. The minimum atomic E-state index is -1.27. The lowest BCUT2D eigenvalue weighted by Crippen LogP contribution is -2.09. The number of H-pyrrole nitrogens is 1. The molecule has 0 radical (unpaired) electrons. The molecule has 54 valence electrons. The number of hydrogen-bond donors (Lipinski definition) is 2. The van der Waals surface area contributed by atoms with Crippen LogP contribution in [0.4, 0.5) is 0 Å². The fourth-order valence-corrected chi connectivity index (χ4v) is 0.626. The van der Waals surface area contributed by atoms with Gasteiger partial charge in [0.1, 0.15) is 0 Å². The van der Waals surface area contributed by atoms with Gasteiger partial charge in [0, 0.05) is 0 Å². The van der Waals surface area contributed by atoms with Crippen LogP contribution in [0.3, 0.4) is 0 Å². The molecule has 0 aliphatic carbocycles. The maximum absolute atomic E-state index is 10.5. The summed E-state index contributed by atoms with van der Waals surface area (Å²) in [6.07, 6.45) is 0. The molecule has 0 aliphatic heterocycles. The van der Waals surface area contributed by atoms with E-state index in [9.17, 15) is 9.59 Å². The number of aryl methyl sites for hydroxylation is 1. The summed E-state index contributed by atoms with van der Waals surface area (Å²) < 4.78 is 4.20. The second kappa shape index (κ2) is 2.02. The van der Waals surface area contributed by atoms with Crippen LogP contribution < -0.4 is 5.63 Å². The first-order valence-electron chi connectivity index (χ1n) is 2.54. The van der Waals surface area contributed by atoms with E-state index >= 15 is 0 Å². The molecule has 0 unspecified atom stereocenters. The Hall–Kier alpha value is -1.52. The van der Waals surface area contributed by atoms with E-state index in [1.165, 1.54) is 6.92 Å². The monoisotopic (exact) mass is 143 g/mol. The predicted molar refractivity (Wildman–Crippen MR) is 31.0 cm³/mol. The van der Waals surface area contributed by atoms with Crippen molar-refractivity contribution in [3.05, 3.63) is 21.7 Å². The summed E-state index contributed by atoms with van der Waals surface area (Å²) in [5, 5.41) is 10.5. The highest BCUT2D eigenvalue weighted by Gasteiger charge is 2.14. The molecule has 0 bridgehead atoms. The van der Waals surface area contributed by atoms with E-state index < -0.39 is 11.6 Å². The maximum atomic E-state index is 10.5. The Morgan fingerprint density at radius 1 is 1.70 bits per heavy atom. The number of aromatic carboxylic acids is 1. The highest BCUT2D eigenvalue weighted by molar-refractivity contribution is 5.88. The predicted octanol–water partition coefficient (Wildman–Crippen LogP) is -0.0255. The van der Waals surface area contributed by atoms with Gasteiger partial charge in [-0.2, -0.15) is 0 Å². The van der Waals surface area contributed by atoms with Crippen LogP contribution in [0.1, 0.15) is 16.1 Å². The third kappa shape index (κ3) is 0.812. The van der Waals surface area contributed by atoms with Gasteiger partial charge in [0.05, 0.1) is 5.69 Å². The Balaban J connectivity index is 3.37. The lowest BCUT2D eigenvalue weighted by molar-refractivity contribution is 0.0693. The summed E-state index contributed by atoms with van der Waals surface area (Å²) in [7, 11) is 0. The minimum Gasteiger partial charge on any atom is -0.477 e. The van der Waals surface area contributed by atoms with Crippen LogP contribution in [0.25, 0.3) is 0 Å². The Labute approximate surface area is 55.2 Å². The molecule has 1 rings (SSSR count). The van der Waals surface area contributed by atoms with Gasteiger partial charge in [0.15, 0.2) is 5.56 Å². The van der Waals surface area contributed by atoms with E-state index in [-0.39, 0.29) is 11.3 Å². The zero-order valence-corrected chi connectivity index (χ0v) is 5.17. The number of nitrogens with one attached hydrogen (secondary N) is 1. The van der Waals surface area contributed by atoms with Gasteiger partial charge in [-0.05, 0) is 6.92 Å². The number of carbonyl (C=O) groups is 1. The van der Waals surface area contributed by atoms with Gasteiger partial charge in [-0.3, -0.25) is 0 Å². The minimum absolute atomic E-state index is 0.234. The molecule has 0 atom stereocenters. The Morgan fingerprint density at radius 2 is 2.30 bits per heavy atom. The lowest BCUT2D eigenvalue weighted by Gasteiger charge is -1.82. The molecule has 10 heavy (non-hydrogen) atoms. The number of hydrogen-bond acceptors (Lipinski definition) is 3. The molecule has 2 N–H and O–H groups in total. The molecule has 0 saturated carbocycles. The summed E-state index contributed by atoms with van der Waals surface area (Å²) in [5.41, 5.74) is -0.942. The van der Waals surface area contributed by atoms with Gasteiger partial charge in [0.25, 0.3) is 0 Å². The lowest BCUT2D eigenvalue weighted by atomic mass is 10.3. The average molecular weight is 143 g/mol. The molecule has 5 nitrogen and oxygen atoms in total. The van der Waals surface area contributed by atoms with Crippen molar-refractivity contribution >= 4 is 5.97 Å². The van der Waals surface area contributed by atoms with E-state index in [2.05, 4.69) is 9.68 Å². The Morgan fingerprint density at radius 3 is 2.50 bits per heavy atom. The van der Waals surface area contributed by atoms with Crippen LogP contribution in [0.15, 0.2) is 9.32 Å². The number of rotatable bonds is 1. The molecule has 1 aromatic rings. The summed E-state index contributed by atoms with van der Waals surface area (Å²) in [6.45, 7) is 1.45. The first-order valence-corrected chi connectivity index (χ1v) is 2.54. The maximum Gasteiger partial charge on any atom is 0.372 e. The van der Waals surface area contributed by atoms with Crippen LogP contribution in [0, 0.1) is 6.92 Å².